The number of aromatic hydroxyl groups is 1. The molecule has 1 aliphatic carbocycles. The fourth-order valence-electron chi connectivity index (χ4n) is 2.11. The zero-order chi connectivity index (χ0) is 12.4. The second kappa shape index (κ2) is 4.65. The van der Waals surface area contributed by atoms with E-state index >= 15 is 0 Å². The first-order valence-electron chi connectivity index (χ1n) is 5.78. The molecule has 0 radical (unpaired) electrons. The molecule has 1 aromatic carbocycles. The number of ether oxygens (including phenoxy) is 1. The van der Waals surface area contributed by atoms with Crippen molar-refractivity contribution in [1.29, 1.82) is 0 Å². The smallest absolute Gasteiger partial charge is 0.255 e. The molecule has 0 spiro atoms. The molecule has 1 saturated carbocycles. The summed E-state index contributed by atoms with van der Waals surface area (Å²) in [5.74, 6) is 0.989. The Labute approximate surface area is 101 Å². The van der Waals surface area contributed by atoms with Gasteiger partial charge in [-0.1, -0.05) is 6.92 Å². The Kier molecular flexibility index (Phi) is 3.22. The zero-order valence-electron chi connectivity index (χ0n) is 10.1. The van der Waals surface area contributed by atoms with Crippen molar-refractivity contribution in [3.05, 3.63) is 23.8 Å². The van der Waals surface area contributed by atoms with Crippen molar-refractivity contribution >= 4 is 5.91 Å². The molecule has 92 valence electrons. The fourth-order valence-corrected chi connectivity index (χ4v) is 2.11. The molecule has 2 N–H and O–H groups in total. The van der Waals surface area contributed by atoms with Gasteiger partial charge in [-0.15, -0.1) is 0 Å². The summed E-state index contributed by atoms with van der Waals surface area (Å²) < 4.78 is 5.03. The molecule has 1 fully saturated rings. The van der Waals surface area contributed by atoms with Gasteiger partial charge in [0.1, 0.15) is 11.5 Å². The molecule has 17 heavy (non-hydrogen) atoms. The van der Waals surface area contributed by atoms with Crippen molar-refractivity contribution < 1.29 is 14.6 Å². The lowest BCUT2D eigenvalue weighted by atomic mass is 9.82. The summed E-state index contributed by atoms with van der Waals surface area (Å²) in [5.41, 5.74) is 0.268. The van der Waals surface area contributed by atoms with Crippen molar-refractivity contribution in [3.63, 3.8) is 0 Å². The molecule has 0 unspecified atom stereocenters. The highest BCUT2D eigenvalue weighted by atomic mass is 16.5. The number of rotatable bonds is 3. The highest BCUT2D eigenvalue weighted by Crippen LogP contribution is 2.28. The van der Waals surface area contributed by atoms with Gasteiger partial charge in [0.25, 0.3) is 5.91 Å². The molecule has 4 nitrogen and oxygen atoms in total. The maximum Gasteiger partial charge on any atom is 0.255 e. The van der Waals surface area contributed by atoms with Gasteiger partial charge in [0, 0.05) is 6.04 Å². The summed E-state index contributed by atoms with van der Waals surface area (Å²) in [6, 6.07) is 4.88. The van der Waals surface area contributed by atoms with Crippen molar-refractivity contribution in [2.75, 3.05) is 7.11 Å². The van der Waals surface area contributed by atoms with E-state index in [2.05, 4.69) is 12.2 Å². The Balaban J connectivity index is 2.07. The van der Waals surface area contributed by atoms with Crippen molar-refractivity contribution in [2.45, 2.75) is 25.8 Å². The van der Waals surface area contributed by atoms with Crippen LogP contribution in [0.1, 0.15) is 30.1 Å². The van der Waals surface area contributed by atoms with Crippen molar-refractivity contribution in [1.82, 2.24) is 5.32 Å². The summed E-state index contributed by atoms with van der Waals surface area (Å²) in [7, 11) is 1.53. The van der Waals surface area contributed by atoms with E-state index in [9.17, 15) is 9.90 Å². The molecule has 2 rings (SSSR count). The molecule has 0 aliphatic heterocycles. The van der Waals surface area contributed by atoms with E-state index in [4.69, 9.17) is 4.74 Å². The minimum atomic E-state index is -0.238. The van der Waals surface area contributed by atoms with Crippen molar-refractivity contribution in [2.24, 2.45) is 5.92 Å². The van der Waals surface area contributed by atoms with Crippen LogP contribution in [0.2, 0.25) is 0 Å². The van der Waals surface area contributed by atoms with Gasteiger partial charge < -0.3 is 15.2 Å². The van der Waals surface area contributed by atoms with Gasteiger partial charge in [-0.25, -0.2) is 0 Å². The monoisotopic (exact) mass is 235 g/mol. The largest absolute Gasteiger partial charge is 0.507 e. The number of carbonyl (C=O) groups is 1. The zero-order valence-corrected chi connectivity index (χ0v) is 10.1. The first kappa shape index (κ1) is 11.8. The summed E-state index contributed by atoms with van der Waals surface area (Å²) in [6.45, 7) is 2.16. The van der Waals surface area contributed by atoms with Crippen LogP contribution in [-0.2, 0) is 0 Å². The number of nitrogens with one attached hydrogen (secondary N) is 1. The van der Waals surface area contributed by atoms with E-state index in [1.54, 1.807) is 12.1 Å². The summed E-state index contributed by atoms with van der Waals surface area (Å²) in [5, 5.41) is 12.5. The number of phenolic OH excluding ortho intramolecular Hbond substituents is 1. The van der Waals surface area contributed by atoms with Gasteiger partial charge >= 0.3 is 0 Å². The first-order valence-corrected chi connectivity index (χ1v) is 5.78. The topological polar surface area (TPSA) is 58.6 Å². The van der Waals surface area contributed by atoms with Crippen LogP contribution in [0, 0.1) is 5.92 Å². The fraction of sp³-hybridized carbons (Fsp3) is 0.462. The molecule has 1 aliphatic rings. The van der Waals surface area contributed by atoms with E-state index in [0.29, 0.717) is 11.7 Å². The predicted molar refractivity (Wildman–Crippen MR) is 64.3 cm³/mol. The molecule has 1 amide bonds. The van der Waals surface area contributed by atoms with Gasteiger partial charge in [0.2, 0.25) is 0 Å². The standard InChI is InChI=1S/C13H17NO3/c1-8-5-9(6-8)14-13(16)11-7-10(17-2)3-4-12(11)15/h3-4,7-9,15H,5-6H2,1-2H3,(H,14,16). The summed E-state index contributed by atoms with van der Waals surface area (Å²) in [6.07, 6.45) is 2.02. The predicted octanol–water partition coefficient (Wildman–Crippen LogP) is 1.93. The van der Waals surface area contributed by atoms with Crippen LogP contribution in [0.5, 0.6) is 11.5 Å². The third-order valence-corrected chi connectivity index (χ3v) is 3.16. The number of hydrogen-bond acceptors (Lipinski definition) is 3. The van der Waals surface area contributed by atoms with Crippen LogP contribution in [0.25, 0.3) is 0 Å². The Morgan fingerprint density at radius 2 is 2.18 bits per heavy atom. The van der Waals surface area contributed by atoms with Crippen LogP contribution in [0.4, 0.5) is 0 Å². The number of amides is 1. The quantitative estimate of drug-likeness (QED) is 0.841. The Hall–Kier alpha value is -1.71. The Bertz CT molecular complexity index is 425. The highest BCUT2D eigenvalue weighted by Gasteiger charge is 2.27. The van der Waals surface area contributed by atoms with Crippen LogP contribution in [-0.4, -0.2) is 24.2 Å². The SMILES string of the molecule is COc1ccc(O)c(C(=O)NC2CC(C)C2)c1. The maximum absolute atomic E-state index is 11.9. The highest BCUT2D eigenvalue weighted by molar-refractivity contribution is 5.97. The molecule has 4 heteroatoms. The maximum atomic E-state index is 11.9. The van der Waals surface area contributed by atoms with Gasteiger partial charge in [-0.2, -0.15) is 0 Å². The second-order valence-electron chi connectivity index (χ2n) is 4.63. The molecular formula is C13H17NO3. The third-order valence-electron chi connectivity index (χ3n) is 3.16. The van der Waals surface area contributed by atoms with Crippen molar-refractivity contribution in [3.8, 4) is 11.5 Å². The van der Waals surface area contributed by atoms with E-state index in [1.165, 1.54) is 13.2 Å². The number of benzene rings is 1. The molecule has 0 saturated heterocycles. The van der Waals surface area contributed by atoms with E-state index in [0.717, 1.165) is 12.8 Å². The Morgan fingerprint density at radius 1 is 1.47 bits per heavy atom. The molecule has 0 aromatic heterocycles. The van der Waals surface area contributed by atoms with Gasteiger partial charge in [-0.05, 0) is 37.0 Å². The van der Waals surface area contributed by atoms with Crippen LogP contribution >= 0.6 is 0 Å². The molecule has 0 bridgehead atoms. The molecular weight excluding hydrogens is 218 g/mol. The number of hydrogen-bond donors (Lipinski definition) is 2. The summed E-state index contributed by atoms with van der Waals surface area (Å²) >= 11 is 0. The van der Waals surface area contributed by atoms with E-state index in [1.807, 2.05) is 0 Å². The lowest BCUT2D eigenvalue weighted by Crippen LogP contribution is -2.43. The van der Waals surface area contributed by atoms with Crippen LogP contribution in [0.3, 0.4) is 0 Å². The van der Waals surface area contributed by atoms with Gasteiger partial charge in [0.05, 0.1) is 12.7 Å². The number of carbonyl (C=O) groups excluding carboxylic acids is 1. The minimum Gasteiger partial charge on any atom is -0.507 e. The number of phenols is 1. The Morgan fingerprint density at radius 3 is 2.76 bits per heavy atom. The van der Waals surface area contributed by atoms with Gasteiger partial charge in [0.15, 0.2) is 0 Å². The summed E-state index contributed by atoms with van der Waals surface area (Å²) in [4.78, 5) is 11.9. The normalized spacial score (nSPS) is 22.7. The van der Waals surface area contributed by atoms with Gasteiger partial charge in [-0.3, -0.25) is 4.79 Å². The second-order valence-corrected chi connectivity index (χ2v) is 4.63. The lowest BCUT2D eigenvalue weighted by molar-refractivity contribution is 0.0893. The lowest BCUT2D eigenvalue weighted by Gasteiger charge is -2.33. The first-order chi connectivity index (χ1) is 8.10. The van der Waals surface area contributed by atoms with Crippen LogP contribution < -0.4 is 10.1 Å². The van der Waals surface area contributed by atoms with E-state index < -0.39 is 0 Å². The van der Waals surface area contributed by atoms with Crippen LogP contribution in [0.15, 0.2) is 18.2 Å². The molecule has 0 heterocycles. The minimum absolute atomic E-state index is 0.0179. The third kappa shape index (κ3) is 2.52. The average molecular weight is 235 g/mol. The number of methoxy groups -OCH3 is 1. The molecule has 0 atom stereocenters. The average Bonchev–Trinajstić information content (AvgIpc) is 2.27. The molecule has 1 aromatic rings. The van der Waals surface area contributed by atoms with E-state index in [-0.39, 0.29) is 23.3 Å².